The summed E-state index contributed by atoms with van der Waals surface area (Å²) >= 11 is 0. The number of likely N-dealkylation sites (tertiary alicyclic amines) is 1. The number of ether oxygens (including phenoxy) is 2. The molecule has 0 radical (unpaired) electrons. The Balaban J connectivity index is 1.65. The highest BCUT2D eigenvalue weighted by Crippen LogP contribution is 2.39. The van der Waals surface area contributed by atoms with Crippen LogP contribution in [0.5, 0.6) is 5.75 Å². The molecule has 0 saturated carbocycles. The largest absolute Gasteiger partial charge is 0.507 e. The highest BCUT2D eigenvalue weighted by atomic mass is 16.5. The summed E-state index contributed by atoms with van der Waals surface area (Å²) < 4.78 is 10.6. The first-order chi connectivity index (χ1) is 15.6. The minimum atomic E-state index is -0.662. The van der Waals surface area contributed by atoms with Crippen molar-refractivity contribution in [1.82, 2.24) is 9.80 Å². The summed E-state index contributed by atoms with van der Waals surface area (Å²) in [5.74, 6) is -0.868. The van der Waals surface area contributed by atoms with Gasteiger partial charge in [0.15, 0.2) is 0 Å². The van der Waals surface area contributed by atoms with Gasteiger partial charge in [-0.05, 0) is 24.1 Å². The zero-order valence-corrected chi connectivity index (χ0v) is 18.2. The number of Topliss-reactive ketones (excluding diaryl/α,β-unsaturated/α-hetero) is 1. The molecule has 0 aliphatic carbocycles. The fourth-order valence-corrected chi connectivity index (χ4v) is 4.31. The van der Waals surface area contributed by atoms with Gasteiger partial charge in [-0.1, -0.05) is 42.5 Å². The third-order valence-electron chi connectivity index (χ3n) is 5.98. The molecular weight excluding hydrogens is 408 g/mol. The summed E-state index contributed by atoms with van der Waals surface area (Å²) in [5.41, 5.74) is 1.35. The van der Waals surface area contributed by atoms with Crippen molar-refractivity contribution in [3.05, 3.63) is 71.3 Å². The van der Waals surface area contributed by atoms with Gasteiger partial charge >= 0.3 is 0 Å². The van der Waals surface area contributed by atoms with Crippen LogP contribution in [-0.2, 0) is 14.3 Å². The number of aliphatic hydroxyl groups excluding tert-OH is 1. The molecule has 4 rings (SSSR count). The second-order valence-electron chi connectivity index (χ2n) is 7.94. The lowest BCUT2D eigenvalue weighted by molar-refractivity contribution is -0.140. The van der Waals surface area contributed by atoms with Crippen molar-refractivity contribution >= 4 is 17.4 Å². The van der Waals surface area contributed by atoms with Crippen LogP contribution in [0.3, 0.4) is 0 Å². The molecule has 2 aromatic rings. The summed E-state index contributed by atoms with van der Waals surface area (Å²) in [6.07, 6.45) is 0.732. The molecule has 2 fully saturated rings. The zero-order valence-electron chi connectivity index (χ0n) is 18.2. The molecule has 7 nitrogen and oxygen atoms in total. The van der Waals surface area contributed by atoms with E-state index in [2.05, 4.69) is 4.90 Å². The number of ketones is 1. The number of hydrogen-bond donors (Lipinski definition) is 1. The third-order valence-corrected chi connectivity index (χ3v) is 5.98. The molecule has 1 atom stereocenters. The summed E-state index contributed by atoms with van der Waals surface area (Å²) in [7, 11) is 1.54. The standard InChI is InChI=1S/C25H28N2O5/c1-31-20-10-5-9-19(17-20)23(28)21-22(18-7-3-2-4-8-18)27(25(30)24(21)29)12-6-11-26-13-15-32-16-14-26/h2-5,7-10,17,22,28H,6,11-16H2,1H3/b23-21-. The molecule has 32 heavy (non-hydrogen) atoms. The van der Waals surface area contributed by atoms with E-state index in [0.717, 1.165) is 44.8 Å². The SMILES string of the molecule is COc1cccc(/C(O)=C2/C(=O)C(=O)N(CCCN3CCOCC3)C2c2ccccc2)c1. The average molecular weight is 437 g/mol. The Labute approximate surface area is 187 Å². The van der Waals surface area contributed by atoms with Gasteiger partial charge in [0.05, 0.1) is 31.9 Å². The summed E-state index contributed by atoms with van der Waals surface area (Å²) in [4.78, 5) is 30.0. The topological polar surface area (TPSA) is 79.3 Å². The molecule has 2 heterocycles. The van der Waals surface area contributed by atoms with E-state index in [1.807, 2.05) is 30.3 Å². The predicted molar refractivity (Wildman–Crippen MR) is 120 cm³/mol. The summed E-state index contributed by atoms with van der Waals surface area (Å²) in [6, 6.07) is 15.6. The molecule has 2 aliphatic rings. The monoisotopic (exact) mass is 436 g/mol. The number of morpholine rings is 1. The van der Waals surface area contributed by atoms with Crippen LogP contribution in [0.1, 0.15) is 23.6 Å². The summed E-state index contributed by atoms with van der Waals surface area (Å²) in [6.45, 7) is 4.43. The number of rotatable bonds is 7. The van der Waals surface area contributed by atoms with E-state index in [-0.39, 0.29) is 11.3 Å². The molecule has 2 saturated heterocycles. The number of amides is 1. The van der Waals surface area contributed by atoms with Gasteiger partial charge in [0.2, 0.25) is 0 Å². The molecule has 1 unspecified atom stereocenters. The van der Waals surface area contributed by atoms with Gasteiger partial charge in [0, 0.05) is 31.7 Å². The highest BCUT2D eigenvalue weighted by Gasteiger charge is 2.45. The summed E-state index contributed by atoms with van der Waals surface area (Å²) in [5, 5.41) is 11.1. The van der Waals surface area contributed by atoms with Crippen LogP contribution >= 0.6 is 0 Å². The van der Waals surface area contributed by atoms with Gasteiger partial charge in [-0.2, -0.15) is 0 Å². The number of carbonyl (C=O) groups is 2. The van der Waals surface area contributed by atoms with Gasteiger partial charge in [0.25, 0.3) is 11.7 Å². The van der Waals surface area contributed by atoms with E-state index in [4.69, 9.17) is 9.47 Å². The quantitative estimate of drug-likeness (QED) is 0.409. The van der Waals surface area contributed by atoms with E-state index in [1.54, 1.807) is 29.2 Å². The van der Waals surface area contributed by atoms with E-state index >= 15 is 0 Å². The average Bonchev–Trinajstić information content (AvgIpc) is 3.10. The first-order valence-corrected chi connectivity index (χ1v) is 10.9. The number of aliphatic hydroxyl groups is 1. The van der Waals surface area contributed by atoms with Crippen LogP contribution in [0.15, 0.2) is 60.2 Å². The van der Waals surface area contributed by atoms with Crippen LogP contribution in [-0.4, -0.2) is 73.1 Å². The number of carbonyl (C=O) groups excluding carboxylic acids is 2. The second kappa shape index (κ2) is 9.97. The molecule has 0 bridgehead atoms. The first kappa shape index (κ1) is 22.0. The molecule has 7 heteroatoms. The number of methoxy groups -OCH3 is 1. The van der Waals surface area contributed by atoms with Crippen molar-refractivity contribution in [2.24, 2.45) is 0 Å². The van der Waals surface area contributed by atoms with E-state index in [0.29, 0.717) is 17.9 Å². The van der Waals surface area contributed by atoms with E-state index in [1.165, 1.54) is 7.11 Å². The third kappa shape index (κ3) is 4.54. The lowest BCUT2D eigenvalue weighted by Crippen LogP contribution is -2.38. The zero-order chi connectivity index (χ0) is 22.5. The lowest BCUT2D eigenvalue weighted by atomic mass is 9.95. The maximum Gasteiger partial charge on any atom is 0.295 e. The maximum atomic E-state index is 13.1. The van der Waals surface area contributed by atoms with E-state index < -0.39 is 17.7 Å². The number of benzene rings is 2. The molecule has 1 amide bonds. The number of nitrogens with zero attached hydrogens (tertiary/aromatic N) is 2. The number of hydrogen-bond acceptors (Lipinski definition) is 6. The smallest absolute Gasteiger partial charge is 0.295 e. The molecular formula is C25H28N2O5. The van der Waals surface area contributed by atoms with Gasteiger partial charge in [0.1, 0.15) is 11.5 Å². The van der Waals surface area contributed by atoms with Crippen LogP contribution in [0, 0.1) is 0 Å². The molecule has 2 aliphatic heterocycles. The predicted octanol–water partition coefficient (Wildman–Crippen LogP) is 2.84. The Morgan fingerprint density at radius 1 is 1.06 bits per heavy atom. The van der Waals surface area contributed by atoms with Crippen LogP contribution < -0.4 is 4.74 Å². The Bertz CT molecular complexity index is 998. The molecule has 0 spiro atoms. The maximum absolute atomic E-state index is 13.1. The van der Waals surface area contributed by atoms with Crippen molar-refractivity contribution in [3.63, 3.8) is 0 Å². The van der Waals surface area contributed by atoms with Crippen LogP contribution in [0.4, 0.5) is 0 Å². The highest BCUT2D eigenvalue weighted by molar-refractivity contribution is 6.46. The second-order valence-corrected chi connectivity index (χ2v) is 7.94. The van der Waals surface area contributed by atoms with E-state index in [9.17, 15) is 14.7 Å². The minimum Gasteiger partial charge on any atom is -0.507 e. The normalized spacial score (nSPS) is 21.2. The van der Waals surface area contributed by atoms with Crippen molar-refractivity contribution in [1.29, 1.82) is 0 Å². The first-order valence-electron chi connectivity index (χ1n) is 10.9. The Hall–Kier alpha value is -3.16. The Morgan fingerprint density at radius 2 is 1.81 bits per heavy atom. The van der Waals surface area contributed by atoms with Gasteiger partial charge in [-0.3, -0.25) is 14.5 Å². The van der Waals surface area contributed by atoms with Crippen LogP contribution in [0.25, 0.3) is 5.76 Å². The van der Waals surface area contributed by atoms with Crippen molar-refractivity contribution in [3.8, 4) is 5.75 Å². The molecule has 1 N–H and O–H groups in total. The van der Waals surface area contributed by atoms with Crippen molar-refractivity contribution < 1.29 is 24.2 Å². The van der Waals surface area contributed by atoms with Gasteiger partial charge in [-0.15, -0.1) is 0 Å². The van der Waals surface area contributed by atoms with Crippen molar-refractivity contribution in [2.75, 3.05) is 46.5 Å². The van der Waals surface area contributed by atoms with Crippen LogP contribution in [0.2, 0.25) is 0 Å². The molecule has 2 aromatic carbocycles. The van der Waals surface area contributed by atoms with Crippen molar-refractivity contribution in [2.45, 2.75) is 12.5 Å². The fourth-order valence-electron chi connectivity index (χ4n) is 4.31. The Morgan fingerprint density at radius 3 is 2.53 bits per heavy atom. The Kier molecular flexibility index (Phi) is 6.87. The van der Waals surface area contributed by atoms with Gasteiger partial charge in [-0.25, -0.2) is 0 Å². The molecule has 0 aromatic heterocycles. The van der Waals surface area contributed by atoms with Gasteiger partial charge < -0.3 is 19.5 Å². The lowest BCUT2D eigenvalue weighted by Gasteiger charge is -2.29. The minimum absolute atomic E-state index is 0.112. The fraction of sp³-hybridized carbons (Fsp3) is 0.360. The molecule has 168 valence electrons.